The van der Waals surface area contributed by atoms with Gasteiger partial charge in [0.25, 0.3) is 5.79 Å². The highest BCUT2D eigenvalue weighted by Crippen LogP contribution is 2.28. The summed E-state index contributed by atoms with van der Waals surface area (Å²) in [5.41, 5.74) is 4.98. The molecule has 0 N–H and O–H groups in total. The van der Waals surface area contributed by atoms with Crippen LogP contribution in [0.1, 0.15) is 29.3 Å². The summed E-state index contributed by atoms with van der Waals surface area (Å²) in [5, 5.41) is 0. The molecule has 22 heavy (non-hydrogen) atoms. The van der Waals surface area contributed by atoms with E-state index in [0.717, 1.165) is 12.2 Å². The van der Waals surface area contributed by atoms with E-state index in [1.54, 1.807) is 0 Å². The number of hydrogen-bond acceptors (Lipinski definition) is 2. The molecule has 1 aromatic heterocycles. The van der Waals surface area contributed by atoms with Crippen LogP contribution in [0.15, 0.2) is 42.6 Å². The zero-order valence-corrected chi connectivity index (χ0v) is 15.5. The van der Waals surface area contributed by atoms with Crippen molar-refractivity contribution >= 4 is 0 Å². The number of rotatable bonds is 3. The van der Waals surface area contributed by atoms with Gasteiger partial charge in [-0.2, -0.15) is 4.57 Å². The molecule has 4 heteroatoms. The fraction of sp³-hybridized carbons (Fsp3) is 0.389. The van der Waals surface area contributed by atoms with Gasteiger partial charge in [-0.05, 0) is 31.5 Å². The fourth-order valence-corrected chi connectivity index (χ4v) is 2.84. The lowest BCUT2D eigenvalue weighted by molar-refractivity contribution is -0.706. The minimum absolute atomic E-state index is 0. The summed E-state index contributed by atoms with van der Waals surface area (Å²) in [6.07, 6.45) is 2.09. The Labute approximate surface area is 149 Å². The number of ether oxygens (including phenoxy) is 2. The molecule has 0 bridgehead atoms. The minimum atomic E-state index is -0.640. The first-order valence-electron chi connectivity index (χ1n) is 7.41. The molecule has 2 heterocycles. The molecule has 118 valence electrons. The van der Waals surface area contributed by atoms with Crippen LogP contribution in [0.4, 0.5) is 0 Å². The number of aryl methyl sites for hydroxylation is 2. The summed E-state index contributed by atoms with van der Waals surface area (Å²) in [7, 11) is 0. The van der Waals surface area contributed by atoms with E-state index in [4.69, 9.17) is 9.47 Å². The molecule has 2 aromatic rings. The van der Waals surface area contributed by atoms with E-state index < -0.39 is 5.79 Å². The van der Waals surface area contributed by atoms with Gasteiger partial charge in [-0.15, -0.1) is 0 Å². The summed E-state index contributed by atoms with van der Waals surface area (Å²) in [4.78, 5) is 0. The SMILES string of the molecule is Cc1ccc(C)c(C[n+]2ccccc2C2(C)OCCO2)c1.[I-]. The summed E-state index contributed by atoms with van der Waals surface area (Å²) in [6.45, 7) is 8.40. The molecule has 0 spiro atoms. The number of benzene rings is 1. The third-order valence-electron chi connectivity index (χ3n) is 4.09. The second kappa shape index (κ2) is 7.06. The summed E-state index contributed by atoms with van der Waals surface area (Å²) in [6, 6.07) is 12.7. The van der Waals surface area contributed by atoms with Crippen molar-refractivity contribution in [3.05, 3.63) is 65.0 Å². The molecule has 3 nitrogen and oxygen atoms in total. The van der Waals surface area contributed by atoms with Gasteiger partial charge in [0.05, 0.1) is 13.2 Å². The van der Waals surface area contributed by atoms with Crippen LogP contribution in [0.2, 0.25) is 0 Å². The van der Waals surface area contributed by atoms with Crippen molar-refractivity contribution in [2.45, 2.75) is 33.1 Å². The Balaban J connectivity index is 0.00000176. The van der Waals surface area contributed by atoms with Crippen LogP contribution in [0, 0.1) is 13.8 Å². The first kappa shape index (κ1) is 17.4. The first-order chi connectivity index (χ1) is 10.1. The molecule has 0 amide bonds. The van der Waals surface area contributed by atoms with Crippen LogP contribution in [0.3, 0.4) is 0 Å². The molecule has 0 unspecified atom stereocenters. The fourth-order valence-electron chi connectivity index (χ4n) is 2.84. The van der Waals surface area contributed by atoms with Crippen LogP contribution in [0.25, 0.3) is 0 Å². The lowest BCUT2D eigenvalue weighted by Gasteiger charge is -2.20. The molecule has 1 fully saturated rings. The van der Waals surface area contributed by atoms with E-state index >= 15 is 0 Å². The second-order valence-corrected chi connectivity index (χ2v) is 5.79. The zero-order valence-electron chi connectivity index (χ0n) is 13.3. The van der Waals surface area contributed by atoms with Gasteiger partial charge in [-0.1, -0.05) is 17.7 Å². The summed E-state index contributed by atoms with van der Waals surface area (Å²) in [5.74, 6) is -0.640. The Hall–Kier alpha value is -0.980. The predicted octanol–water partition coefficient (Wildman–Crippen LogP) is -0.137. The topological polar surface area (TPSA) is 22.3 Å². The quantitative estimate of drug-likeness (QED) is 0.519. The van der Waals surface area contributed by atoms with Gasteiger partial charge in [-0.3, -0.25) is 0 Å². The normalized spacial score (nSPS) is 16.3. The maximum atomic E-state index is 5.82. The van der Waals surface area contributed by atoms with Crippen molar-refractivity contribution in [1.29, 1.82) is 0 Å². The van der Waals surface area contributed by atoms with Crippen molar-refractivity contribution in [2.24, 2.45) is 0 Å². The van der Waals surface area contributed by atoms with Crippen LogP contribution in [-0.2, 0) is 21.8 Å². The van der Waals surface area contributed by atoms with Gasteiger partial charge in [0, 0.05) is 24.6 Å². The highest BCUT2D eigenvalue weighted by atomic mass is 127. The highest BCUT2D eigenvalue weighted by Gasteiger charge is 2.40. The largest absolute Gasteiger partial charge is 1.00 e. The van der Waals surface area contributed by atoms with E-state index in [2.05, 4.69) is 48.9 Å². The van der Waals surface area contributed by atoms with Crippen LogP contribution < -0.4 is 28.5 Å². The third-order valence-corrected chi connectivity index (χ3v) is 4.09. The molecular weight excluding hydrogens is 389 g/mol. The molecule has 3 rings (SSSR count). The van der Waals surface area contributed by atoms with E-state index in [1.165, 1.54) is 16.7 Å². The Morgan fingerprint density at radius 3 is 2.55 bits per heavy atom. The molecule has 0 aliphatic carbocycles. The Kier molecular flexibility index (Phi) is 5.58. The van der Waals surface area contributed by atoms with Crippen LogP contribution in [-0.4, -0.2) is 13.2 Å². The standard InChI is InChI=1S/C18H22NO2.HI/c1-14-7-8-15(2)16(12-14)13-19-9-5-4-6-17(19)18(3)20-10-11-21-18;/h4-9,12H,10-11,13H2,1-3H3;1H/q+1;/p-1. The van der Waals surface area contributed by atoms with E-state index in [1.807, 2.05) is 19.1 Å². The molecule has 1 saturated heterocycles. The second-order valence-electron chi connectivity index (χ2n) is 5.79. The number of aromatic nitrogens is 1. The van der Waals surface area contributed by atoms with E-state index in [-0.39, 0.29) is 24.0 Å². The molecule has 1 aromatic carbocycles. The average Bonchev–Trinajstić information content (AvgIpc) is 2.91. The molecule has 1 aliphatic rings. The van der Waals surface area contributed by atoms with Gasteiger partial charge >= 0.3 is 0 Å². The van der Waals surface area contributed by atoms with Gasteiger partial charge in [-0.25, -0.2) is 0 Å². The lowest BCUT2D eigenvalue weighted by atomic mass is 10.0. The highest BCUT2D eigenvalue weighted by molar-refractivity contribution is 5.29. The molecule has 0 radical (unpaired) electrons. The zero-order chi connectivity index (χ0) is 14.9. The summed E-state index contributed by atoms with van der Waals surface area (Å²) >= 11 is 0. The van der Waals surface area contributed by atoms with E-state index in [0.29, 0.717) is 13.2 Å². The molecule has 0 atom stereocenters. The van der Waals surface area contributed by atoms with Crippen molar-refractivity contribution in [2.75, 3.05) is 13.2 Å². The minimum Gasteiger partial charge on any atom is -1.00 e. The van der Waals surface area contributed by atoms with Crippen molar-refractivity contribution in [1.82, 2.24) is 0 Å². The third kappa shape index (κ3) is 3.50. The monoisotopic (exact) mass is 411 g/mol. The van der Waals surface area contributed by atoms with Gasteiger partial charge in [0.1, 0.15) is 0 Å². The van der Waals surface area contributed by atoms with Gasteiger partial charge in [0.15, 0.2) is 12.7 Å². The van der Waals surface area contributed by atoms with Crippen molar-refractivity contribution in [3.8, 4) is 0 Å². The summed E-state index contributed by atoms with van der Waals surface area (Å²) < 4.78 is 13.8. The smallest absolute Gasteiger partial charge is 0.253 e. The number of halogens is 1. The average molecular weight is 411 g/mol. The van der Waals surface area contributed by atoms with Crippen LogP contribution >= 0.6 is 0 Å². The Morgan fingerprint density at radius 2 is 1.82 bits per heavy atom. The molecule has 1 aliphatic heterocycles. The first-order valence-corrected chi connectivity index (χ1v) is 7.41. The van der Waals surface area contributed by atoms with Crippen molar-refractivity contribution < 1.29 is 38.0 Å². The number of hydrogen-bond donors (Lipinski definition) is 0. The number of nitrogens with zero attached hydrogens (tertiary/aromatic N) is 1. The van der Waals surface area contributed by atoms with Gasteiger partial charge in [0.2, 0.25) is 5.69 Å². The van der Waals surface area contributed by atoms with Gasteiger partial charge < -0.3 is 33.5 Å². The maximum absolute atomic E-state index is 5.82. The lowest BCUT2D eigenvalue weighted by Crippen LogP contribution is -3.00. The Bertz CT molecular complexity index is 651. The molecule has 0 saturated carbocycles. The number of pyridine rings is 1. The predicted molar refractivity (Wildman–Crippen MR) is 80.9 cm³/mol. The van der Waals surface area contributed by atoms with Crippen LogP contribution in [0.5, 0.6) is 0 Å². The maximum Gasteiger partial charge on any atom is 0.253 e. The van der Waals surface area contributed by atoms with Crippen molar-refractivity contribution in [3.63, 3.8) is 0 Å². The Morgan fingerprint density at radius 1 is 1.09 bits per heavy atom. The molecular formula is C18H22INO2. The van der Waals surface area contributed by atoms with E-state index in [9.17, 15) is 0 Å².